The van der Waals surface area contributed by atoms with Gasteiger partial charge in [-0.25, -0.2) is 0 Å². The quantitative estimate of drug-likeness (QED) is 0.792. The molecule has 0 aliphatic carbocycles. The number of anilines is 1. The van der Waals surface area contributed by atoms with Crippen LogP contribution >= 0.6 is 12.2 Å². The van der Waals surface area contributed by atoms with Gasteiger partial charge in [-0.3, -0.25) is 4.90 Å². The molecule has 24 heavy (non-hydrogen) atoms. The van der Waals surface area contributed by atoms with E-state index in [2.05, 4.69) is 54.5 Å². The maximum Gasteiger partial charge on any atom is 0.170 e. The number of aryl methyl sites for hydroxylation is 2. The van der Waals surface area contributed by atoms with Crippen LogP contribution in [-0.2, 0) is 0 Å². The Labute approximate surface area is 152 Å². The second-order valence-electron chi connectivity index (χ2n) is 7.54. The van der Waals surface area contributed by atoms with Crippen LogP contribution in [0, 0.1) is 13.8 Å². The van der Waals surface area contributed by atoms with Gasteiger partial charge < -0.3 is 10.6 Å². The van der Waals surface area contributed by atoms with Gasteiger partial charge in [-0.2, -0.15) is 0 Å². The summed E-state index contributed by atoms with van der Waals surface area (Å²) >= 11 is 5.57. The lowest BCUT2D eigenvalue weighted by Crippen LogP contribution is -2.57. The van der Waals surface area contributed by atoms with E-state index in [1.165, 1.54) is 56.2 Å². The number of thiocarbonyl (C=S) groups is 1. The van der Waals surface area contributed by atoms with E-state index in [1.807, 2.05) is 0 Å². The van der Waals surface area contributed by atoms with Crippen LogP contribution < -0.4 is 10.6 Å². The lowest BCUT2D eigenvalue weighted by Gasteiger charge is -2.49. The molecule has 0 aromatic heterocycles. The average molecular weight is 346 g/mol. The van der Waals surface area contributed by atoms with Gasteiger partial charge in [0.2, 0.25) is 0 Å². The van der Waals surface area contributed by atoms with Crippen LogP contribution in [0.5, 0.6) is 0 Å². The minimum Gasteiger partial charge on any atom is -0.360 e. The van der Waals surface area contributed by atoms with Crippen LogP contribution in [-0.4, -0.2) is 34.7 Å². The van der Waals surface area contributed by atoms with Crippen LogP contribution in [0.2, 0.25) is 0 Å². The molecule has 2 saturated heterocycles. The molecule has 2 fully saturated rings. The third-order valence-corrected chi connectivity index (χ3v) is 5.93. The Kier molecular flexibility index (Phi) is 5.77. The number of rotatable bonds is 4. The summed E-state index contributed by atoms with van der Waals surface area (Å²) in [6, 6.07) is 8.43. The van der Waals surface area contributed by atoms with E-state index in [9.17, 15) is 0 Å². The zero-order valence-electron chi connectivity index (χ0n) is 15.3. The van der Waals surface area contributed by atoms with Crippen molar-refractivity contribution in [2.75, 3.05) is 11.9 Å². The van der Waals surface area contributed by atoms with Crippen LogP contribution in [0.3, 0.4) is 0 Å². The van der Waals surface area contributed by atoms with Gasteiger partial charge in [-0.15, -0.1) is 0 Å². The normalized spacial score (nSPS) is 26.9. The predicted octanol–water partition coefficient (Wildman–Crippen LogP) is 4.39. The molecule has 0 amide bonds. The first-order valence-electron chi connectivity index (χ1n) is 9.47. The highest BCUT2D eigenvalue weighted by Crippen LogP contribution is 2.34. The molecule has 0 radical (unpaired) electrons. The van der Waals surface area contributed by atoms with Crippen molar-refractivity contribution in [3.05, 3.63) is 29.3 Å². The first-order chi connectivity index (χ1) is 11.6. The number of hydrogen-bond acceptors (Lipinski definition) is 2. The van der Waals surface area contributed by atoms with Gasteiger partial charge in [0.05, 0.1) is 0 Å². The van der Waals surface area contributed by atoms with Crippen molar-refractivity contribution in [1.29, 1.82) is 0 Å². The van der Waals surface area contributed by atoms with Crippen LogP contribution in [0.25, 0.3) is 0 Å². The molecule has 1 aromatic carbocycles. The second kappa shape index (κ2) is 7.83. The SMILES string of the molecule is CCCN1C2CCCC1CC(NC(=S)Nc1ccc(C)c(C)c1)C2. The molecule has 0 saturated carbocycles. The predicted molar refractivity (Wildman–Crippen MR) is 107 cm³/mol. The van der Waals surface area contributed by atoms with Gasteiger partial charge in [0, 0.05) is 23.8 Å². The summed E-state index contributed by atoms with van der Waals surface area (Å²) in [4.78, 5) is 2.77. The van der Waals surface area contributed by atoms with Crippen molar-refractivity contribution in [2.45, 2.75) is 77.4 Å². The molecule has 4 heteroatoms. The van der Waals surface area contributed by atoms with E-state index in [0.29, 0.717) is 6.04 Å². The monoisotopic (exact) mass is 345 g/mol. The summed E-state index contributed by atoms with van der Waals surface area (Å²) in [7, 11) is 0. The van der Waals surface area contributed by atoms with E-state index in [4.69, 9.17) is 12.2 Å². The summed E-state index contributed by atoms with van der Waals surface area (Å²) < 4.78 is 0. The fourth-order valence-corrected chi connectivity index (χ4v) is 4.68. The molecule has 2 N–H and O–H groups in total. The van der Waals surface area contributed by atoms with Crippen molar-refractivity contribution in [3.8, 4) is 0 Å². The van der Waals surface area contributed by atoms with Crippen LogP contribution in [0.4, 0.5) is 5.69 Å². The molecule has 2 heterocycles. The highest BCUT2D eigenvalue weighted by atomic mass is 32.1. The molecule has 2 aliphatic heterocycles. The smallest absolute Gasteiger partial charge is 0.170 e. The minimum absolute atomic E-state index is 0.514. The number of hydrogen-bond donors (Lipinski definition) is 2. The molecule has 1 aromatic rings. The maximum absolute atomic E-state index is 5.57. The molecule has 2 unspecified atom stereocenters. The Balaban J connectivity index is 1.56. The maximum atomic E-state index is 5.57. The van der Waals surface area contributed by atoms with Crippen molar-refractivity contribution in [1.82, 2.24) is 10.2 Å². The number of nitrogens with one attached hydrogen (secondary N) is 2. The third kappa shape index (κ3) is 4.09. The zero-order chi connectivity index (χ0) is 17.1. The molecule has 2 bridgehead atoms. The Morgan fingerprint density at radius 3 is 2.50 bits per heavy atom. The summed E-state index contributed by atoms with van der Waals surface area (Å²) in [5.74, 6) is 0. The van der Waals surface area contributed by atoms with E-state index in [0.717, 1.165) is 22.9 Å². The van der Waals surface area contributed by atoms with E-state index in [1.54, 1.807) is 0 Å². The summed E-state index contributed by atoms with van der Waals surface area (Å²) in [6.07, 6.45) is 7.82. The lowest BCUT2D eigenvalue weighted by atomic mass is 9.81. The molecule has 0 spiro atoms. The Morgan fingerprint density at radius 2 is 1.88 bits per heavy atom. The Morgan fingerprint density at radius 1 is 1.17 bits per heavy atom. The first-order valence-corrected chi connectivity index (χ1v) is 9.88. The fourth-order valence-electron chi connectivity index (χ4n) is 4.39. The van der Waals surface area contributed by atoms with Crippen molar-refractivity contribution >= 4 is 23.0 Å². The summed E-state index contributed by atoms with van der Waals surface area (Å²) in [5, 5.41) is 7.72. The van der Waals surface area contributed by atoms with Crippen LogP contribution in [0.1, 0.15) is 56.6 Å². The largest absolute Gasteiger partial charge is 0.360 e. The number of piperidine rings is 2. The minimum atomic E-state index is 0.514. The standard InChI is InChI=1S/C20H31N3S/c1-4-10-23-18-6-5-7-19(23)13-17(12-18)22-20(24)21-16-9-8-14(2)15(3)11-16/h8-9,11,17-19H,4-7,10,12-13H2,1-3H3,(H2,21,22,24). The zero-order valence-corrected chi connectivity index (χ0v) is 16.1. The molecule has 2 atom stereocenters. The first kappa shape index (κ1) is 17.7. The molecule has 132 valence electrons. The van der Waals surface area contributed by atoms with Crippen molar-refractivity contribution in [2.24, 2.45) is 0 Å². The number of nitrogens with zero attached hydrogens (tertiary/aromatic N) is 1. The van der Waals surface area contributed by atoms with Gasteiger partial charge >= 0.3 is 0 Å². The molecule has 3 nitrogen and oxygen atoms in total. The summed E-state index contributed by atoms with van der Waals surface area (Å²) in [5.41, 5.74) is 3.69. The molecule has 2 aliphatic rings. The third-order valence-electron chi connectivity index (χ3n) is 5.71. The highest BCUT2D eigenvalue weighted by molar-refractivity contribution is 7.80. The Hall–Kier alpha value is -1.13. The number of benzene rings is 1. The van der Waals surface area contributed by atoms with E-state index < -0.39 is 0 Å². The van der Waals surface area contributed by atoms with Gasteiger partial charge in [-0.1, -0.05) is 19.4 Å². The van der Waals surface area contributed by atoms with E-state index in [-0.39, 0.29) is 0 Å². The molecule has 3 rings (SSSR count). The van der Waals surface area contributed by atoms with Crippen molar-refractivity contribution < 1.29 is 0 Å². The van der Waals surface area contributed by atoms with Gasteiger partial charge in [0.1, 0.15) is 0 Å². The van der Waals surface area contributed by atoms with Gasteiger partial charge in [0.25, 0.3) is 0 Å². The van der Waals surface area contributed by atoms with E-state index >= 15 is 0 Å². The van der Waals surface area contributed by atoms with Crippen LogP contribution in [0.15, 0.2) is 18.2 Å². The lowest BCUT2D eigenvalue weighted by molar-refractivity contribution is 0.0284. The van der Waals surface area contributed by atoms with Gasteiger partial charge in [0.15, 0.2) is 5.11 Å². The molecular weight excluding hydrogens is 314 g/mol. The van der Waals surface area contributed by atoms with Gasteiger partial charge in [-0.05, 0) is 88.0 Å². The number of fused-ring (bicyclic) bond motifs is 2. The van der Waals surface area contributed by atoms with Crippen molar-refractivity contribution in [3.63, 3.8) is 0 Å². The molecular formula is C20H31N3S. The summed E-state index contributed by atoms with van der Waals surface area (Å²) in [6.45, 7) is 7.83. The average Bonchev–Trinajstić information content (AvgIpc) is 2.52. The topological polar surface area (TPSA) is 27.3 Å². The Bertz CT molecular complexity index is 572. The fraction of sp³-hybridized carbons (Fsp3) is 0.650. The highest BCUT2D eigenvalue weighted by Gasteiger charge is 2.37. The second-order valence-corrected chi connectivity index (χ2v) is 7.95.